The van der Waals surface area contributed by atoms with Gasteiger partial charge in [-0.15, -0.1) is 0 Å². The molecule has 1 fully saturated rings. The van der Waals surface area contributed by atoms with Crippen LogP contribution in [-0.4, -0.2) is 13.1 Å². The van der Waals surface area contributed by atoms with Crippen LogP contribution in [0.3, 0.4) is 0 Å². The van der Waals surface area contributed by atoms with E-state index in [2.05, 4.69) is 6.92 Å². The van der Waals surface area contributed by atoms with Crippen LogP contribution in [0.1, 0.15) is 32.6 Å². The van der Waals surface area contributed by atoms with E-state index in [0.29, 0.717) is 17.6 Å². The van der Waals surface area contributed by atoms with Crippen molar-refractivity contribution in [2.75, 3.05) is 17.7 Å². The molecule has 0 amide bonds. The maximum absolute atomic E-state index is 13.5. The maximum atomic E-state index is 13.5. The molecular weight excluding hydrogens is 234 g/mol. The van der Waals surface area contributed by atoms with Gasteiger partial charge in [-0.05, 0) is 24.8 Å². The highest BCUT2D eigenvalue weighted by Gasteiger charge is 2.24. The van der Waals surface area contributed by atoms with Crippen LogP contribution < -0.4 is 10.6 Å². The first-order valence-electron chi connectivity index (χ1n) is 6.46. The number of anilines is 2. The fraction of sp³-hybridized carbons (Fsp3) is 0.571. The summed E-state index contributed by atoms with van der Waals surface area (Å²) in [6.45, 7) is 2.22. The smallest absolute Gasteiger partial charge is 0.151 e. The quantitative estimate of drug-likeness (QED) is 0.818. The molecule has 0 heterocycles. The largest absolute Gasteiger partial charge is 0.395 e. The molecule has 1 aliphatic carbocycles. The van der Waals surface area contributed by atoms with Crippen molar-refractivity contribution in [3.05, 3.63) is 23.8 Å². The summed E-state index contributed by atoms with van der Waals surface area (Å²) < 4.78 is 26.7. The van der Waals surface area contributed by atoms with Crippen molar-refractivity contribution >= 4 is 11.4 Å². The minimum absolute atomic E-state index is 0.0390. The predicted molar refractivity (Wildman–Crippen MR) is 70.6 cm³/mol. The van der Waals surface area contributed by atoms with E-state index in [9.17, 15) is 8.78 Å². The van der Waals surface area contributed by atoms with E-state index >= 15 is 0 Å². The lowest BCUT2D eigenvalue weighted by Crippen LogP contribution is -2.36. The molecule has 1 aromatic rings. The van der Waals surface area contributed by atoms with Crippen LogP contribution in [0.4, 0.5) is 20.2 Å². The van der Waals surface area contributed by atoms with Gasteiger partial charge < -0.3 is 10.6 Å². The number of nitrogens with two attached hydrogens (primary N) is 1. The lowest BCUT2D eigenvalue weighted by atomic mass is 9.86. The van der Waals surface area contributed by atoms with Gasteiger partial charge in [0, 0.05) is 19.2 Å². The van der Waals surface area contributed by atoms with Gasteiger partial charge in [0.25, 0.3) is 0 Å². The highest BCUT2D eigenvalue weighted by Crippen LogP contribution is 2.33. The van der Waals surface area contributed by atoms with E-state index in [4.69, 9.17) is 5.73 Å². The molecule has 0 aliphatic heterocycles. The van der Waals surface area contributed by atoms with Crippen LogP contribution in [0.5, 0.6) is 0 Å². The topological polar surface area (TPSA) is 29.3 Å². The van der Waals surface area contributed by atoms with Crippen LogP contribution in [0.15, 0.2) is 12.1 Å². The zero-order valence-electron chi connectivity index (χ0n) is 10.9. The summed E-state index contributed by atoms with van der Waals surface area (Å²) in [4.78, 5) is 1.93. The molecule has 1 saturated carbocycles. The van der Waals surface area contributed by atoms with Gasteiger partial charge in [-0.2, -0.15) is 0 Å². The predicted octanol–water partition coefficient (Wildman–Crippen LogP) is 3.56. The Morgan fingerprint density at radius 1 is 1.28 bits per heavy atom. The molecular formula is C14H20F2N2. The first-order valence-corrected chi connectivity index (χ1v) is 6.46. The number of hydrogen-bond donors (Lipinski definition) is 1. The highest BCUT2D eigenvalue weighted by molar-refractivity contribution is 5.68. The second kappa shape index (κ2) is 5.12. The summed E-state index contributed by atoms with van der Waals surface area (Å²) in [5.74, 6) is -0.598. The van der Waals surface area contributed by atoms with Gasteiger partial charge in [0.15, 0.2) is 5.82 Å². The summed E-state index contributed by atoms with van der Waals surface area (Å²) >= 11 is 0. The Morgan fingerprint density at radius 2 is 2.00 bits per heavy atom. The molecule has 0 saturated heterocycles. The number of halogens is 2. The maximum Gasteiger partial charge on any atom is 0.151 e. The molecule has 1 aliphatic rings. The molecule has 100 valence electrons. The van der Waals surface area contributed by atoms with Crippen molar-refractivity contribution in [1.29, 1.82) is 0 Å². The van der Waals surface area contributed by atoms with Gasteiger partial charge >= 0.3 is 0 Å². The SMILES string of the molecule is CC1CCCC(N(C)c2cc(F)cc(F)c2N)C1. The summed E-state index contributed by atoms with van der Waals surface area (Å²) in [5.41, 5.74) is 6.21. The molecule has 1 aromatic carbocycles. The third kappa shape index (κ3) is 2.57. The van der Waals surface area contributed by atoms with Crippen molar-refractivity contribution < 1.29 is 8.78 Å². The van der Waals surface area contributed by atoms with Gasteiger partial charge in [0.05, 0.1) is 11.4 Å². The van der Waals surface area contributed by atoms with Gasteiger partial charge in [-0.25, -0.2) is 8.78 Å². The Kier molecular flexibility index (Phi) is 3.73. The van der Waals surface area contributed by atoms with Crippen molar-refractivity contribution in [3.8, 4) is 0 Å². The Hall–Kier alpha value is -1.32. The zero-order valence-corrected chi connectivity index (χ0v) is 10.9. The fourth-order valence-electron chi connectivity index (χ4n) is 2.81. The van der Waals surface area contributed by atoms with E-state index in [1.807, 2.05) is 11.9 Å². The highest BCUT2D eigenvalue weighted by atomic mass is 19.1. The molecule has 0 radical (unpaired) electrons. The minimum Gasteiger partial charge on any atom is -0.395 e. The molecule has 18 heavy (non-hydrogen) atoms. The number of nitrogen functional groups attached to an aromatic ring is 1. The monoisotopic (exact) mass is 254 g/mol. The number of rotatable bonds is 2. The molecule has 2 unspecified atom stereocenters. The van der Waals surface area contributed by atoms with Crippen molar-refractivity contribution in [3.63, 3.8) is 0 Å². The van der Waals surface area contributed by atoms with Crippen molar-refractivity contribution in [1.82, 2.24) is 0 Å². The molecule has 4 heteroatoms. The molecule has 2 nitrogen and oxygen atoms in total. The van der Waals surface area contributed by atoms with E-state index in [1.165, 1.54) is 12.5 Å². The first kappa shape index (κ1) is 13.1. The van der Waals surface area contributed by atoms with E-state index < -0.39 is 11.6 Å². The molecule has 2 atom stereocenters. The van der Waals surface area contributed by atoms with Gasteiger partial charge in [0.1, 0.15) is 5.82 Å². The second-order valence-corrected chi connectivity index (χ2v) is 5.36. The van der Waals surface area contributed by atoms with Crippen LogP contribution in [0.25, 0.3) is 0 Å². The Balaban J connectivity index is 2.25. The average Bonchev–Trinajstić information content (AvgIpc) is 2.33. The van der Waals surface area contributed by atoms with Crippen molar-refractivity contribution in [2.24, 2.45) is 5.92 Å². The molecule has 2 N–H and O–H groups in total. The van der Waals surface area contributed by atoms with Gasteiger partial charge in [0.2, 0.25) is 0 Å². The Morgan fingerprint density at radius 3 is 2.67 bits per heavy atom. The van der Waals surface area contributed by atoms with E-state index in [1.54, 1.807) is 0 Å². The normalized spacial score (nSPS) is 24.0. The summed E-state index contributed by atoms with van der Waals surface area (Å²) in [6.07, 6.45) is 4.50. The zero-order chi connectivity index (χ0) is 13.3. The van der Waals surface area contributed by atoms with Crippen molar-refractivity contribution in [2.45, 2.75) is 38.6 Å². The van der Waals surface area contributed by atoms with Crippen LogP contribution in [0, 0.1) is 17.6 Å². The Bertz CT molecular complexity index is 434. The van der Waals surface area contributed by atoms with Crippen LogP contribution in [-0.2, 0) is 0 Å². The molecule has 0 bridgehead atoms. The summed E-state index contributed by atoms with van der Waals surface area (Å²) in [5, 5.41) is 0. The lowest BCUT2D eigenvalue weighted by Gasteiger charge is -2.36. The fourth-order valence-corrected chi connectivity index (χ4v) is 2.81. The van der Waals surface area contributed by atoms with Crippen LogP contribution in [0.2, 0.25) is 0 Å². The standard InChI is InChI=1S/C14H20F2N2/c1-9-4-3-5-11(6-9)18(2)13-8-10(15)7-12(16)14(13)17/h7-9,11H,3-6,17H2,1-2H3. The minimum atomic E-state index is -0.680. The average molecular weight is 254 g/mol. The van der Waals surface area contributed by atoms with Gasteiger partial charge in [-0.1, -0.05) is 19.8 Å². The second-order valence-electron chi connectivity index (χ2n) is 5.36. The molecule has 0 spiro atoms. The summed E-state index contributed by atoms with van der Waals surface area (Å²) in [7, 11) is 1.87. The third-order valence-electron chi connectivity index (χ3n) is 3.91. The lowest BCUT2D eigenvalue weighted by molar-refractivity contribution is 0.336. The number of nitrogens with zero attached hydrogens (tertiary/aromatic N) is 1. The third-order valence-corrected chi connectivity index (χ3v) is 3.91. The van der Waals surface area contributed by atoms with E-state index in [0.717, 1.165) is 25.3 Å². The Labute approximate surface area is 107 Å². The number of hydrogen-bond acceptors (Lipinski definition) is 2. The molecule has 2 rings (SSSR count). The summed E-state index contributed by atoms with van der Waals surface area (Å²) in [6, 6.07) is 2.46. The van der Waals surface area contributed by atoms with E-state index in [-0.39, 0.29) is 5.69 Å². The van der Waals surface area contributed by atoms with Gasteiger partial charge in [-0.3, -0.25) is 0 Å². The number of benzene rings is 1. The molecule has 0 aromatic heterocycles. The first-order chi connectivity index (χ1) is 8.49. The van der Waals surface area contributed by atoms with Crippen LogP contribution >= 0.6 is 0 Å².